The first-order valence-corrected chi connectivity index (χ1v) is 9.43. The molecular formula is C20H20N2O4S. The molecule has 0 radical (unpaired) electrons. The summed E-state index contributed by atoms with van der Waals surface area (Å²) in [6.07, 6.45) is 1.78. The van der Waals surface area contributed by atoms with E-state index in [4.69, 9.17) is 9.15 Å². The van der Waals surface area contributed by atoms with Crippen LogP contribution in [0, 0.1) is 13.8 Å². The summed E-state index contributed by atoms with van der Waals surface area (Å²) < 4.78 is 12.6. The molecule has 0 spiro atoms. The quantitative estimate of drug-likeness (QED) is 0.253. The predicted molar refractivity (Wildman–Crippen MR) is 104 cm³/mol. The van der Waals surface area contributed by atoms with Crippen LogP contribution in [0.25, 0.3) is 11.1 Å². The molecular weight excluding hydrogens is 364 g/mol. The molecule has 0 saturated heterocycles. The van der Waals surface area contributed by atoms with Crippen LogP contribution in [0.1, 0.15) is 21.7 Å². The Morgan fingerprint density at radius 2 is 2.11 bits per heavy atom. The highest BCUT2D eigenvalue weighted by molar-refractivity contribution is 7.99. The second-order valence-corrected chi connectivity index (χ2v) is 6.93. The van der Waals surface area contributed by atoms with E-state index in [1.54, 1.807) is 6.08 Å². The van der Waals surface area contributed by atoms with Crippen LogP contribution in [0.5, 0.6) is 0 Å². The molecule has 3 aromatic rings. The number of hydrogen-bond acceptors (Lipinski definition) is 6. The number of rotatable bonds is 8. The van der Waals surface area contributed by atoms with Crippen LogP contribution in [0.4, 0.5) is 0 Å². The highest BCUT2D eigenvalue weighted by Crippen LogP contribution is 2.23. The van der Waals surface area contributed by atoms with Crippen molar-refractivity contribution in [2.45, 2.75) is 25.6 Å². The van der Waals surface area contributed by atoms with Crippen molar-refractivity contribution in [1.82, 2.24) is 9.55 Å². The molecule has 2 aromatic heterocycles. The summed E-state index contributed by atoms with van der Waals surface area (Å²) in [6, 6.07) is 9.18. The number of aryl methyl sites for hydroxylation is 1. The van der Waals surface area contributed by atoms with Crippen LogP contribution < -0.4 is 0 Å². The van der Waals surface area contributed by atoms with Gasteiger partial charge in [0.15, 0.2) is 12.2 Å². The van der Waals surface area contributed by atoms with Crippen LogP contribution >= 0.6 is 11.8 Å². The highest BCUT2D eigenvalue weighted by atomic mass is 32.2. The van der Waals surface area contributed by atoms with E-state index in [9.17, 15) is 9.59 Å². The van der Waals surface area contributed by atoms with Crippen molar-refractivity contribution in [2.24, 2.45) is 0 Å². The Kier molecular flexibility index (Phi) is 5.81. The lowest BCUT2D eigenvalue weighted by Gasteiger charge is -2.06. The zero-order valence-electron chi connectivity index (χ0n) is 15.2. The third-order valence-electron chi connectivity index (χ3n) is 4.14. The number of benzene rings is 1. The van der Waals surface area contributed by atoms with E-state index >= 15 is 0 Å². The van der Waals surface area contributed by atoms with Crippen molar-refractivity contribution in [1.29, 1.82) is 0 Å². The molecule has 0 bridgehead atoms. The lowest BCUT2D eigenvalue weighted by atomic mass is 10.1. The first-order chi connectivity index (χ1) is 13.0. The maximum Gasteiger partial charge on any atom is 0.316 e. The smallest absolute Gasteiger partial charge is 0.316 e. The molecule has 140 valence electrons. The number of fused-ring (bicyclic) bond motifs is 1. The standard InChI is InChI=1S/C20H20N2O4S/c1-4-9-22-13(2)10-15(14(22)3)17(23)11-25-19(24)12-27-20-21-16-7-5-6-8-18(16)26-20/h4-8,10H,1,9,11-12H2,2-3H3. The number of carbonyl (C=O) groups excluding carboxylic acids is 2. The summed E-state index contributed by atoms with van der Waals surface area (Å²) in [6.45, 7) is 7.86. The number of para-hydroxylation sites is 2. The molecule has 6 nitrogen and oxygen atoms in total. The minimum atomic E-state index is -0.490. The number of carbonyl (C=O) groups is 2. The first-order valence-electron chi connectivity index (χ1n) is 8.44. The van der Waals surface area contributed by atoms with Crippen molar-refractivity contribution in [2.75, 3.05) is 12.4 Å². The summed E-state index contributed by atoms with van der Waals surface area (Å²) in [7, 11) is 0. The average molecular weight is 384 g/mol. The van der Waals surface area contributed by atoms with Crippen LogP contribution in [0.15, 0.2) is 52.6 Å². The van der Waals surface area contributed by atoms with Gasteiger partial charge >= 0.3 is 5.97 Å². The van der Waals surface area contributed by atoms with Gasteiger partial charge in [0.25, 0.3) is 5.22 Å². The van der Waals surface area contributed by atoms with Crippen molar-refractivity contribution in [3.05, 3.63) is 59.9 Å². The lowest BCUT2D eigenvalue weighted by Crippen LogP contribution is -2.16. The summed E-state index contributed by atoms with van der Waals surface area (Å²) in [4.78, 5) is 28.6. The van der Waals surface area contributed by atoms with Crippen molar-refractivity contribution >= 4 is 34.6 Å². The molecule has 3 rings (SSSR count). The Labute approximate surface area is 161 Å². The number of ether oxygens (including phenoxy) is 1. The number of nitrogens with zero attached hydrogens (tertiary/aromatic N) is 2. The number of oxazole rings is 1. The van der Waals surface area contributed by atoms with Gasteiger partial charge in [-0.2, -0.15) is 0 Å². The molecule has 0 aliphatic rings. The summed E-state index contributed by atoms with van der Waals surface area (Å²) in [5.74, 6) is -0.690. The van der Waals surface area contributed by atoms with E-state index in [1.807, 2.05) is 48.7 Å². The van der Waals surface area contributed by atoms with Gasteiger partial charge in [0.05, 0.1) is 0 Å². The summed E-state index contributed by atoms with van der Waals surface area (Å²) >= 11 is 1.14. The van der Waals surface area contributed by atoms with Crippen molar-refractivity contribution in [3.8, 4) is 0 Å². The number of allylic oxidation sites excluding steroid dienone is 1. The number of hydrogen-bond donors (Lipinski definition) is 0. The molecule has 0 amide bonds. The van der Waals surface area contributed by atoms with Gasteiger partial charge < -0.3 is 13.7 Å². The average Bonchev–Trinajstić information content (AvgIpc) is 3.20. The molecule has 2 heterocycles. The van der Waals surface area contributed by atoms with E-state index in [1.165, 1.54) is 0 Å². The van der Waals surface area contributed by atoms with Gasteiger partial charge in [-0.1, -0.05) is 30.0 Å². The van der Waals surface area contributed by atoms with Gasteiger partial charge in [-0.15, -0.1) is 6.58 Å². The number of esters is 1. The SMILES string of the molecule is C=CCn1c(C)cc(C(=O)COC(=O)CSc2nc3ccccc3o2)c1C. The fraction of sp³-hybridized carbons (Fsp3) is 0.250. The van der Waals surface area contributed by atoms with Gasteiger partial charge in [0.2, 0.25) is 5.78 Å². The third-order valence-corrected chi connectivity index (χ3v) is 4.94. The van der Waals surface area contributed by atoms with Gasteiger partial charge in [0, 0.05) is 23.5 Å². The second-order valence-electron chi connectivity index (χ2n) is 6.00. The Balaban J connectivity index is 1.53. The fourth-order valence-electron chi connectivity index (χ4n) is 2.79. The maximum absolute atomic E-state index is 12.4. The molecule has 0 unspecified atom stereocenters. The number of Topliss-reactive ketones (excluding diaryl/α,β-unsaturated/α-hetero) is 1. The van der Waals surface area contributed by atoms with Crippen molar-refractivity contribution in [3.63, 3.8) is 0 Å². The van der Waals surface area contributed by atoms with E-state index < -0.39 is 5.97 Å². The van der Waals surface area contributed by atoms with Gasteiger partial charge in [0.1, 0.15) is 11.3 Å². The van der Waals surface area contributed by atoms with E-state index in [0.29, 0.717) is 22.9 Å². The molecule has 27 heavy (non-hydrogen) atoms. The monoisotopic (exact) mass is 384 g/mol. The highest BCUT2D eigenvalue weighted by Gasteiger charge is 2.17. The molecule has 0 fully saturated rings. The number of ketones is 1. The first kappa shape index (κ1) is 19.0. The number of aromatic nitrogens is 2. The normalized spacial score (nSPS) is 10.9. The van der Waals surface area contributed by atoms with Gasteiger partial charge in [-0.25, -0.2) is 4.98 Å². The fourth-order valence-corrected chi connectivity index (χ4v) is 3.43. The van der Waals surface area contributed by atoms with Crippen LogP contribution in [-0.2, 0) is 16.1 Å². The molecule has 0 atom stereocenters. The van der Waals surface area contributed by atoms with Crippen LogP contribution in [0.3, 0.4) is 0 Å². The third kappa shape index (κ3) is 4.31. The molecule has 0 N–H and O–H groups in total. The van der Waals surface area contributed by atoms with Crippen LogP contribution in [0.2, 0.25) is 0 Å². The molecule has 1 aromatic carbocycles. The summed E-state index contributed by atoms with van der Waals surface area (Å²) in [5.41, 5.74) is 3.77. The lowest BCUT2D eigenvalue weighted by molar-refractivity contribution is -0.139. The minimum Gasteiger partial charge on any atom is -0.457 e. The van der Waals surface area contributed by atoms with Crippen LogP contribution in [-0.4, -0.2) is 33.7 Å². The second kappa shape index (κ2) is 8.26. The summed E-state index contributed by atoms with van der Waals surface area (Å²) in [5, 5.41) is 0.396. The van der Waals surface area contributed by atoms with E-state index in [-0.39, 0.29) is 18.1 Å². The zero-order valence-corrected chi connectivity index (χ0v) is 16.0. The Hall–Kier alpha value is -2.80. The van der Waals surface area contributed by atoms with Crippen molar-refractivity contribution < 1.29 is 18.7 Å². The Bertz CT molecular complexity index is 970. The van der Waals surface area contributed by atoms with E-state index in [0.717, 1.165) is 28.7 Å². The maximum atomic E-state index is 12.4. The Morgan fingerprint density at radius 3 is 2.85 bits per heavy atom. The molecule has 0 aliphatic carbocycles. The topological polar surface area (TPSA) is 74.3 Å². The van der Waals surface area contributed by atoms with Gasteiger partial charge in [-0.3, -0.25) is 9.59 Å². The largest absolute Gasteiger partial charge is 0.457 e. The van der Waals surface area contributed by atoms with E-state index in [2.05, 4.69) is 11.6 Å². The Morgan fingerprint density at radius 1 is 1.33 bits per heavy atom. The number of thioether (sulfide) groups is 1. The minimum absolute atomic E-state index is 0.0234. The van der Waals surface area contributed by atoms with Gasteiger partial charge in [-0.05, 0) is 32.0 Å². The molecule has 0 aliphatic heterocycles. The molecule has 0 saturated carbocycles. The predicted octanol–water partition coefficient (Wildman–Crippen LogP) is 3.95. The molecule has 7 heteroatoms. The zero-order chi connectivity index (χ0) is 19.4.